The second-order valence-corrected chi connectivity index (χ2v) is 4.48. The van der Waals surface area contributed by atoms with E-state index in [0.717, 1.165) is 5.56 Å². The van der Waals surface area contributed by atoms with Crippen molar-refractivity contribution in [3.8, 4) is 0 Å². The molecular weight excluding hydrogens is 277 g/mol. The van der Waals surface area contributed by atoms with E-state index in [0.29, 0.717) is 17.3 Å². The summed E-state index contributed by atoms with van der Waals surface area (Å²) < 4.78 is 0. The van der Waals surface area contributed by atoms with Gasteiger partial charge in [0.2, 0.25) is 6.54 Å². The average Bonchev–Trinajstić information content (AvgIpc) is 2.31. The monoisotopic (exact) mass is 289 g/mol. The molecule has 0 amide bonds. The minimum atomic E-state index is -0.393. The molecule has 0 saturated heterocycles. The first-order valence-corrected chi connectivity index (χ1v) is 6.17. The van der Waals surface area contributed by atoms with E-state index in [1.54, 1.807) is 12.3 Å². The zero-order valence-electron chi connectivity index (χ0n) is 10.1. The van der Waals surface area contributed by atoms with Crippen molar-refractivity contribution in [3.05, 3.63) is 38.1 Å². The number of aromatic nitrogens is 1. The fourth-order valence-corrected chi connectivity index (χ4v) is 1.80. The number of pyridine rings is 1. The van der Waals surface area contributed by atoms with Crippen LogP contribution in [0.4, 0.5) is 0 Å². The highest BCUT2D eigenvalue weighted by Crippen LogP contribution is 2.25. The van der Waals surface area contributed by atoms with Crippen molar-refractivity contribution in [2.75, 3.05) is 13.1 Å². The first-order chi connectivity index (χ1) is 8.45. The van der Waals surface area contributed by atoms with Gasteiger partial charge in [0.1, 0.15) is 5.15 Å². The summed E-state index contributed by atoms with van der Waals surface area (Å²) in [6.45, 7) is 3.89. The van der Waals surface area contributed by atoms with Gasteiger partial charge in [-0.05, 0) is 18.6 Å². The first kappa shape index (κ1) is 14.9. The van der Waals surface area contributed by atoms with Gasteiger partial charge in [0.15, 0.2) is 0 Å². The number of hydrogen-bond acceptors (Lipinski definition) is 4. The number of aliphatic imine (C=N–C) groups is 1. The minimum absolute atomic E-state index is 0.211. The molecule has 5 nitrogen and oxygen atoms in total. The molecule has 1 aromatic rings. The molecule has 7 heteroatoms. The van der Waals surface area contributed by atoms with Crippen LogP contribution in [-0.2, 0) is 0 Å². The molecule has 1 rings (SSSR count). The molecule has 0 radical (unpaired) electrons. The van der Waals surface area contributed by atoms with Crippen molar-refractivity contribution < 1.29 is 4.92 Å². The molecule has 0 spiro atoms. The predicted octanol–water partition coefficient (Wildman–Crippen LogP) is 3.23. The van der Waals surface area contributed by atoms with Gasteiger partial charge in [-0.2, -0.15) is 0 Å². The smallest absolute Gasteiger partial charge is 0.241 e. The maximum absolute atomic E-state index is 10.6. The molecule has 18 heavy (non-hydrogen) atoms. The van der Waals surface area contributed by atoms with Crippen LogP contribution in [0.3, 0.4) is 0 Å². The van der Waals surface area contributed by atoms with Gasteiger partial charge in [-0.3, -0.25) is 15.1 Å². The summed E-state index contributed by atoms with van der Waals surface area (Å²) in [4.78, 5) is 18.3. The molecule has 0 aliphatic heterocycles. The summed E-state index contributed by atoms with van der Waals surface area (Å²) in [7, 11) is 0. The van der Waals surface area contributed by atoms with E-state index in [2.05, 4.69) is 9.98 Å². The first-order valence-electron chi connectivity index (χ1n) is 5.41. The van der Waals surface area contributed by atoms with Crippen molar-refractivity contribution in [3.63, 3.8) is 0 Å². The lowest BCUT2D eigenvalue weighted by Gasteiger charge is -2.12. The van der Waals surface area contributed by atoms with Crippen molar-refractivity contribution in [2.24, 2.45) is 4.99 Å². The van der Waals surface area contributed by atoms with Gasteiger partial charge in [-0.25, -0.2) is 4.98 Å². The number of rotatable bonds is 5. The van der Waals surface area contributed by atoms with E-state index in [4.69, 9.17) is 23.2 Å². The van der Waals surface area contributed by atoms with Crippen LogP contribution < -0.4 is 0 Å². The molecule has 1 atom stereocenters. The van der Waals surface area contributed by atoms with Crippen LogP contribution in [0.1, 0.15) is 25.3 Å². The molecule has 0 aliphatic carbocycles. The number of halogens is 2. The number of nitrogens with zero attached hydrogens (tertiary/aromatic N) is 3. The van der Waals surface area contributed by atoms with Crippen molar-refractivity contribution in [1.29, 1.82) is 0 Å². The third-order valence-corrected chi connectivity index (χ3v) is 3.16. The Morgan fingerprint density at radius 3 is 2.78 bits per heavy atom. The number of hydrogen-bond donors (Lipinski definition) is 0. The van der Waals surface area contributed by atoms with Crippen LogP contribution in [0.2, 0.25) is 10.2 Å². The quantitative estimate of drug-likeness (QED) is 0.362. The molecule has 0 N–H and O–H groups in total. The molecule has 0 bridgehead atoms. The van der Waals surface area contributed by atoms with E-state index >= 15 is 0 Å². The lowest BCUT2D eigenvalue weighted by molar-refractivity contribution is -0.463. The second-order valence-electron chi connectivity index (χ2n) is 3.72. The second kappa shape index (κ2) is 6.66. The minimum Gasteiger partial charge on any atom is -0.287 e. The van der Waals surface area contributed by atoms with Crippen molar-refractivity contribution in [2.45, 2.75) is 19.8 Å². The maximum atomic E-state index is 10.6. The van der Waals surface area contributed by atoms with Crippen LogP contribution >= 0.6 is 23.2 Å². The fourth-order valence-electron chi connectivity index (χ4n) is 1.52. The van der Waals surface area contributed by atoms with E-state index in [9.17, 15) is 10.1 Å². The largest absolute Gasteiger partial charge is 0.287 e. The molecule has 0 aliphatic rings. The van der Waals surface area contributed by atoms with Crippen LogP contribution in [0, 0.1) is 10.1 Å². The molecule has 1 unspecified atom stereocenters. The Kier molecular flexibility index (Phi) is 5.50. The van der Waals surface area contributed by atoms with Gasteiger partial charge in [0.05, 0.1) is 10.7 Å². The molecule has 98 valence electrons. The lowest BCUT2D eigenvalue weighted by atomic mass is 9.97. The zero-order valence-corrected chi connectivity index (χ0v) is 11.6. The van der Waals surface area contributed by atoms with Crippen LogP contribution in [-0.4, -0.2) is 28.7 Å². The summed E-state index contributed by atoms with van der Waals surface area (Å²) in [5.41, 5.74) is 1.26. The van der Waals surface area contributed by atoms with E-state index in [-0.39, 0.29) is 17.6 Å². The van der Waals surface area contributed by atoms with Crippen LogP contribution in [0.5, 0.6) is 0 Å². The Morgan fingerprint density at radius 1 is 1.61 bits per heavy atom. The standard InChI is InChI=1S/C11H13Cl2N3O2/c1-3-14-10(6-16(17)18)7(2)8-4-9(12)11(13)15-5-8/h4-5,7H,3,6H2,1-2H3. The number of nitro groups is 1. The topological polar surface area (TPSA) is 68.4 Å². The molecule has 0 fully saturated rings. The predicted molar refractivity (Wildman–Crippen MR) is 72.5 cm³/mol. The molecular formula is C11H13Cl2N3O2. The van der Waals surface area contributed by atoms with Gasteiger partial charge >= 0.3 is 0 Å². The van der Waals surface area contributed by atoms with Crippen LogP contribution in [0.15, 0.2) is 17.3 Å². The van der Waals surface area contributed by atoms with Crippen LogP contribution in [0.25, 0.3) is 0 Å². The van der Waals surface area contributed by atoms with Gasteiger partial charge in [0, 0.05) is 23.6 Å². The van der Waals surface area contributed by atoms with Crippen molar-refractivity contribution in [1.82, 2.24) is 4.98 Å². The Bertz CT molecular complexity index is 477. The Labute approximate surface area is 115 Å². The SMILES string of the molecule is CCN=C(C[N+](=O)[O-])C(C)c1cnc(Cl)c(Cl)c1. The summed E-state index contributed by atoms with van der Waals surface area (Å²) in [6.07, 6.45) is 1.56. The normalized spacial score (nSPS) is 13.4. The van der Waals surface area contributed by atoms with Gasteiger partial charge in [0.25, 0.3) is 0 Å². The molecule has 1 heterocycles. The van der Waals surface area contributed by atoms with Gasteiger partial charge in [-0.15, -0.1) is 0 Å². The Hall–Kier alpha value is -1.20. The summed E-state index contributed by atoms with van der Waals surface area (Å²) in [5, 5.41) is 11.2. The van der Waals surface area contributed by atoms with Gasteiger partial charge < -0.3 is 0 Å². The lowest BCUT2D eigenvalue weighted by Crippen LogP contribution is -2.20. The van der Waals surface area contributed by atoms with E-state index in [1.165, 1.54) is 0 Å². The molecule has 0 aromatic carbocycles. The summed E-state index contributed by atoms with van der Waals surface area (Å²) in [5.74, 6) is -0.211. The summed E-state index contributed by atoms with van der Waals surface area (Å²) in [6, 6.07) is 1.66. The zero-order chi connectivity index (χ0) is 13.7. The third kappa shape index (κ3) is 3.92. The highest BCUT2D eigenvalue weighted by Gasteiger charge is 2.19. The highest BCUT2D eigenvalue weighted by atomic mass is 35.5. The van der Waals surface area contributed by atoms with E-state index < -0.39 is 4.92 Å². The average molecular weight is 290 g/mol. The third-order valence-electron chi connectivity index (χ3n) is 2.47. The molecule has 1 aromatic heterocycles. The summed E-state index contributed by atoms with van der Waals surface area (Å²) >= 11 is 11.6. The van der Waals surface area contributed by atoms with Crippen molar-refractivity contribution >= 4 is 28.9 Å². The Morgan fingerprint density at radius 2 is 2.28 bits per heavy atom. The molecule has 0 saturated carbocycles. The fraction of sp³-hybridized carbons (Fsp3) is 0.455. The van der Waals surface area contributed by atoms with E-state index in [1.807, 2.05) is 13.8 Å². The Balaban J connectivity index is 3.01. The maximum Gasteiger partial charge on any atom is 0.241 e. The van der Waals surface area contributed by atoms with Gasteiger partial charge in [-0.1, -0.05) is 30.1 Å². The highest BCUT2D eigenvalue weighted by molar-refractivity contribution is 6.41.